The van der Waals surface area contributed by atoms with E-state index >= 15 is 0 Å². The maximum atomic E-state index is 6.24. The summed E-state index contributed by atoms with van der Waals surface area (Å²) in [6, 6.07) is 0. The second-order valence-corrected chi connectivity index (χ2v) is 8.90. The lowest BCUT2D eigenvalue weighted by Gasteiger charge is -2.53. The Kier molecular flexibility index (Phi) is 4.59. The number of likely N-dealkylation sites (tertiary alicyclic amines) is 1. The van der Waals surface area contributed by atoms with E-state index in [-0.39, 0.29) is 5.54 Å². The number of piperidine rings is 1. The zero-order valence-corrected chi connectivity index (χ0v) is 14.1. The van der Waals surface area contributed by atoms with Crippen LogP contribution in [0.15, 0.2) is 0 Å². The molecule has 2 aliphatic rings. The minimum atomic E-state index is 0.265. The van der Waals surface area contributed by atoms with Crippen molar-refractivity contribution < 1.29 is 0 Å². The van der Waals surface area contributed by atoms with Gasteiger partial charge in [0.25, 0.3) is 0 Å². The van der Waals surface area contributed by atoms with E-state index in [2.05, 4.69) is 44.4 Å². The quantitative estimate of drug-likeness (QED) is 0.861. The normalized spacial score (nSPS) is 35.2. The Bertz CT molecular complexity index is 308. The summed E-state index contributed by atoms with van der Waals surface area (Å²) in [6.45, 7) is 12.9. The van der Waals surface area contributed by atoms with Crippen LogP contribution in [0.5, 0.6) is 0 Å². The molecule has 2 heterocycles. The molecule has 0 aromatic rings. The van der Waals surface area contributed by atoms with Crippen LogP contribution in [0.1, 0.15) is 53.4 Å². The predicted octanol–water partition coefficient (Wildman–Crippen LogP) is 3.36. The summed E-state index contributed by atoms with van der Waals surface area (Å²) in [5.41, 5.74) is 7.51. The zero-order chi connectivity index (χ0) is 14.1. The maximum Gasteiger partial charge on any atom is 0.0427 e. The Balaban J connectivity index is 2.07. The number of hydrogen-bond donors (Lipinski definition) is 1. The van der Waals surface area contributed by atoms with Gasteiger partial charge in [0, 0.05) is 17.8 Å². The molecule has 0 saturated carbocycles. The summed E-state index contributed by atoms with van der Waals surface area (Å²) < 4.78 is 0. The Morgan fingerprint density at radius 1 is 1.11 bits per heavy atom. The Labute approximate surface area is 123 Å². The Morgan fingerprint density at radius 3 is 2.21 bits per heavy atom. The molecule has 2 saturated heterocycles. The van der Waals surface area contributed by atoms with Gasteiger partial charge in [0.15, 0.2) is 0 Å². The monoisotopic (exact) mass is 284 g/mol. The Morgan fingerprint density at radius 2 is 1.74 bits per heavy atom. The molecule has 0 radical (unpaired) electrons. The van der Waals surface area contributed by atoms with Gasteiger partial charge in [0.2, 0.25) is 0 Å². The third kappa shape index (κ3) is 3.30. The van der Waals surface area contributed by atoms with E-state index < -0.39 is 0 Å². The second kappa shape index (κ2) is 5.57. The van der Waals surface area contributed by atoms with Crippen molar-refractivity contribution in [3.8, 4) is 0 Å². The first kappa shape index (κ1) is 15.7. The fourth-order valence-electron chi connectivity index (χ4n) is 3.85. The molecular weight excluding hydrogens is 252 g/mol. The molecule has 2 nitrogen and oxygen atoms in total. The van der Waals surface area contributed by atoms with Crippen LogP contribution in [-0.2, 0) is 0 Å². The van der Waals surface area contributed by atoms with Gasteiger partial charge in [0.1, 0.15) is 0 Å². The van der Waals surface area contributed by atoms with E-state index in [4.69, 9.17) is 5.73 Å². The van der Waals surface area contributed by atoms with E-state index in [9.17, 15) is 0 Å². The highest BCUT2D eigenvalue weighted by atomic mass is 32.2. The molecule has 2 fully saturated rings. The molecule has 0 aromatic carbocycles. The van der Waals surface area contributed by atoms with Gasteiger partial charge in [-0.25, -0.2) is 0 Å². The molecule has 2 N–H and O–H groups in total. The lowest BCUT2D eigenvalue weighted by Crippen LogP contribution is -2.62. The highest BCUT2D eigenvalue weighted by Crippen LogP contribution is 2.44. The van der Waals surface area contributed by atoms with Crippen LogP contribution < -0.4 is 5.73 Å². The standard InChI is InChI=1S/C16H32N2S/c1-5-15(4)6-8-18(9-7-15)16(11-17)10-14(2,3)12-19-13-16/h5-13,17H2,1-4H3. The molecule has 2 rings (SSSR count). The number of rotatable bonds is 3. The average Bonchev–Trinajstić information content (AvgIpc) is 2.38. The van der Waals surface area contributed by atoms with Crippen molar-refractivity contribution in [2.45, 2.75) is 58.9 Å². The molecular formula is C16H32N2S. The lowest BCUT2D eigenvalue weighted by molar-refractivity contribution is 0.0130. The molecule has 19 heavy (non-hydrogen) atoms. The second-order valence-electron chi connectivity index (χ2n) is 7.91. The summed E-state index contributed by atoms with van der Waals surface area (Å²) in [6.07, 6.45) is 5.27. The maximum absolute atomic E-state index is 6.24. The molecule has 112 valence electrons. The minimum Gasteiger partial charge on any atom is -0.329 e. The van der Waals surface area contributed by atoms with Crippen molar-refractivity contribution in [1.82, 2.24) is 4.90 Å². The molecule has 3 heteroatoms. The smallest absolute Gasteiger partial charge is 0.0427 e. The van der Waals surface area contributed by atoms with E-state index in [0.717, 1.165) is 6.54 Å². The number of thioether (sulfide) groups is 1. The van der Waals surface area contributed by atoms with Crippen LogP contribution in [0, 0.1) is 10.8 Å². The summed E-state index contributed by atoms with van der Waals surface area (Å²) >= 11 is 2.11. The van der Waals surface area contributed by atoms with Crippen LogP contribution in [0.4, 0.5) is 0 Å². The fourth-order valence-corrected chi connectivity index (χ4v) is 5.39. The number of nitrogens with zero attached hydrogens (tertiary/aromatic N) is 1. The molecule has 0 amide bonds. The summed E-state index contributed by atoms with van der Waals surface area (Å²) in [7, 11) is 0. The van der Waals surface area contributed by atoms with Crippen LogP contribution in [-0.4, -0.2) is 41.6 Å². The molecule has 1 atom stereocenters. The third-order valence-corrected chi connectivity index (χ3v) is 7.27. The summed E-state index contributed by atoms with van der Waals surface area (Å²) in [5.74, 6) is 2.52. The summed E-state index contributed by atoms with van der Waals surface area (Å²) in [4.78, 5) is 2.73. The molecule has 0 aliphatic carbocycles. The number of nitrogens with two attached hydrogens (primary N) is 1. The van der Waals surface area contributed by atoms with E-state index in [1.165, 1.54) is 50.3 Å². The van der Waals surface area contributed by atoms with Gasteiger partial charge in [0.05, 0.1) is 0 Å². The van der Waals surface area contributed by atoms with E-state index in [1.807, 2.05) is 0 Å². The first-order chi connectivity index (χ1) is 8.85. The van der Waals surface area contributed by atoms with E-state index in [1.54, 1.807) is 0 Å². The van der Waals surface area contributed by atoms with Crippen molar-refractivity contribution in [1.29, 1.82) is 0 Å². The van der Waals surface area contributed by atoms with Gasteiger partial charge in [-0.2, -0.15) is 11.8 Å². The first-order valence-corrected chi connectivity index (χ1v) is 9.03. The molecule has 0 spiro atoms. The Hall–Kier alpha value is 0.270. The van der Waals surface area contributed by atoms with Crippen LogP contribution in [0.2, 0.25) is 0 Å². The highest BCUT2D eigenvalue weighted by molar-refractivity contribution is 7.99. The van der Waals surface area contributed by atoms with Crippen molar-refractivity contribution in [2.24, 2.45) is 16.6 Å². The van der Waals surface area contributed by atoms with Crippen molar-refractivity contribution in [3.63, 3.8) is 0 Å². The molecule has 0 aromatic heterocycles. The third-order valence-electron chi connectivity index (χ3n) is 5.55. The SMILES string of the molecule is CCC1(C)CCN(C2(CN)CSCC(C)(C)C2)CC1. The van der Waals surface area contributed by atoms with Crippen LogP contribution >= 0.6 is 11.8 Å². The summed E-state index contributed by atoms with van der Waals surface area (Å²) in [5, 5.41) is 0. The van der Waals surface area contributed by atoms with Crippen LogP contribution in [0.3, 0.4) is 0 Å². The highest BCUT2D eigenvalue weighted by Gasteiger charge is 2.45. The number of hydrogen-bond acceptors (Lipinski definition) is 3. The van der Waals surface area contributed by atoms with Gasteiger partial charge in [-0.1, -0.05) is 34.1 Å². The van der Waals surface area contributed by atoms with Crippen molar-refractivity contribution >= 4 is 11.8 Å². The van der Waals surface area contributed by atoms with E-state index in [0.29, 0.717) is 10.8 Å². The topological polar surface area (TPSA) is 29.3 Å². The van der Waals surface area contributed by atoms with Crippen molar-refractivity contribution in [3.05, 3.63) is 0 Å². The van der Waals surface area contributed by atoms with Gasteiger partial charge in [-0.3, -0.25) is 4.90 Å². The van der Waals surface area contributed by atoms with Gasteiger partial charge in [-0.05, 0) is 48.9 Å². The minimum absolute atomic E-state index is 0.265. The molecule has 2 aliphatic heterocycles. The average molecular weight is 285 g/mol. The molecule has 0 bridgehead atoms. The molecule has 1 unspecified atom stereocenters. The fraction of sp³-hybridized carbons (Fsp3) is 1.00. The van der Waals surface area contributed by atoms with Crippen LogP contribution in [0.25, 0.3) is 0 Å². The first-order valence-electron chi connectivity index (χ1n) is 7.88. The van der Waals surface area contributed by atoms with Gasteiger partial charge in [-0.15, -0.1) is 0 Å². The van der Waals surface area contributed by atoms with Gasteiger partial charge < -0.3 is 5.73 Å². The lowest BCUT2D eigenvalue weighted by atomic mass is 9.74. The predicted molar refractivity (Wildman–Crippen MR) is 86.7 cm³/mol. The zero-order valence-electron chi connectivity index (χ0n) is 13.3. The van der Waals surface area contributed by atoms with Gasteiger partial charge >= 0.3 is 0 Å². The largest absolute Gasteiger partial charge is 0.329 e. The van der Waals surface area contributed by atoms with Crippen molar-refractivity contribution in [2.75, 3.05) is 31.1 Å².